The maximum absolute atomic E-state index is 13.2. The predicted molar refractivity (Wildman–Crippen MR) is 129 cm³/mol. The standard InChI is InChI=1S/C27H24N2O6/c1-4-32-27(31)24-25(30)23(35-26(24)28-19-8-6-5-7-9-19)13-18-12-16(2)29(17(18)3)20-10-11-21-22(14-20)34-15-33-21/h5-14,28H,4,15H2,1-3H3/b23-13-. The van der Waals surface area contributed by atoms with Crippen LogP contribution < -0.4 is 14.8 Å². The molecule has 2 aliphatic rings. The van der Waals surface area contributed by atoms with Gasteiger partial charge < -0.3 is 28.8 Å². The summed E-state index contributed by atoms with van der Waals surface area (Å²) in [5.74, 6) is 0.219. The molecule has 8 nitrogen and oxygen atoms in total. The van der Waals surface area contributed by atoms with Crippen molar-refractivity contribution in [3.8, 4) is 17.2 Å². The number of ether oxygens (including phenoxy) is 4. The number of fused-ring (bicyclic) bond motifs is 1. The average molecular weight is 472 g/mol. The van der Waals surface area contributed by atoms with Crippen molar-refractivity contribution < 1.29 is 28.5 Å². The number of aromatic nitrogens is 1. The first kappa shape index (κ1) is 22.3. The normalized spacial score (nSPS) is 15.5. The van der Waals surface area contributed by atoms with E-state index in [1.165, 1.54) is 0 Å². The molecule has 3 aromatic rings. The van der Waals surface area contributed by atoms with E-state index in [2.05, 4.69) is 9.88 Å². The van der Waals surface area contributed by atoms with Crippen LogP contribution in [0.2, 0.25) is 0 Å². The number of nitrogens with one attached hydrogen (secondary N) is 1. The SMILES string of the molecule is CCOC(=O)C1=C(Nc2ccccc2)O/C(=C\c2cc(C)n(-c3ccc4c(c3)OCO4)c2C)C1=O. The van der Waals surface area contributed by atoms with E-state index in [-0.39, 0.29) is 30.6 Å². The van der Waals surface area contributed by atoms with Gasteiger partial charge in [0.1, 0.15) is 0 Å². The van der Waals surface area contributed by atoms with Gasteiger partial charge >= 0.3 is 5.97 Å². The van der Waals surface area contributed by atoms with E-state index in [9.17, 15) is 9.59 Å². The van der Waals surface area contributed by atoms with Crippen LogP contribution in [0.25, 0.3) is 11.8 Å². The molecule has 0 amide bonds. The molecule has 35 heavy (non-hydrogen) atoms. The van der Waals surface area contributed by atoms with Crippen LogP contribution in [0.1, 0.15) is 23.9 Å². The molecule has 3 heterocycles. The molecule has 0 fully saturated rings. The Kier molecular flexibility index (Phi) is 5.78. The second-order valence-corrected chi connectivity index (χ2v) is 8.05. The van der Waals surface area contributed by atoms with Crippen LogP contribution in [-0.2, 0) is 19.1 Å². The van der Waals surface area contributed by atoms with Crippen molar-refractivity contribution in [2.24, 2.45) is 0 Å². The van der Waals surface area contributed by atoms with Crippen molar-refractivity contribution in [3.05, 3.63) is 88.8 Å². The van der Waals surface area contributed by atoms with Gasteiger partial charge in [-0.1, -0.05) is 18.2 Å². The molecular formula is C27H24N2O6. The summed E-state index contributed by atoms with van der Waals surface area (Å²) in [7, 11) is 0. The fraction of sp³-hybridized carbons (Fsp3) is 0.185. The van der Waals surface area contributed by atoms with Crippen molar-refractivity contribution in [1.82, 2.24) is 4.57 Å². The third-order valence-electron chi connectivity index (χ3n) is 5.77. The molecule has 0 radical (unpaired) electrons. The largest absolute Gasteiger partial charge is 0.462 e. The van der Waals surface area contributed by atoms with Crippen LogP contribution in [0.15, 0.2) is 71.8 Å². The van der Waals surface area contributed by atoms with Crippen LogP contribution >= 0.6 is 0 Å². The van der Waals surface area contributed by atoms with Gasteiger partial charge in [-0.25, -0.2) is 4.79 Å². The molecule has 0 atom stereocenters. The lowest BCUT2D eigenvalue weighted by Gasteiger charge is -2.10. The number of esters is 1. The molecule has 178 valence electrons. The summed E-state index contributed by atoms with van der Waals surface area (Å²) in [6, 6.07) is 16.9. The topological polar surface area (TPSA) is 88.0 Å². The Hall–Kier alpha value is -4.46. The lowest BCUT2D eigenvalue weighted by molar-refractivity contribution is -0.139. The summed E-state index contributed by atoms with van der Waals surface area (Å²) in [4.78, 5) is 25.8. The summed E-state index contributed by atoms with van der Waals surface area (Å²) < 4.78 is 24.0. The van der Waals surface area contributed by atoms with Gasteiger partial charge in [-0.05, 0) is 62.7 Å². The highest BCUT2D eigenvalue weighted by atomic mass is 16.7. The fourth-order valence-corrected chi connectivity index (χ4v) is 4.15. The minimum absolute atomic E-state index is 0.0393. The molecule has 0 spiro atoms. The molecular weight excluding hydrogens is 448 g/mol. The van der Waals surface area contributed by atoms with Gasteiger partial charge in [0.25, 0.3) is 0 Å². The number of para-hydroxylation sites is 1. The minimum atomic E-state index is -0.731. The Morgan fingerprint density at radius 1 is 1.09 bits per heavy atom. The number of carbonyl (C=O) groups is 2. The summed E-state index contributed by atoms with van der Waals surface area (Å²) in [6.45, 7) is 5.96. The second-order valence-electron chi connectivity index (χ2n) is 8.05. The number of aryl methyl sites for hydroxylation is 1. The van der Waals surface area contributed by atoms with Gasteiger partial charge in [-0.2, -0.15) is 0 Å². The van der Waals surface area contributed by atoms with E-state index in [1.807, 2.05) is 68.4 Å². The lowest BCUT2D eigenvalue weighted by Crippen LogP contribution is -2.16. The van der Waals surface area contributed by atoms with Crippen LogP contribution in [0, 0.1) is 13.8 Å². The highest BCUT2D eigenvalue weighted by Crippen LogP contribution is 2.36. The molecule has 2 aliphatic heterocycles. The maximum Gasteiger partial charge on any atom is 0.347 e. The quantitative estimate of drug-likeness (QED) is 0.317. The Morgan fingerprint density at radius 2 is 1.86 bits per heavy atom. The predicted octanol–water partition coefficient (Wildman–Crippen LogP) is 4.65. The molecule has 1 aromatic heterocycles. The molecule has 0 bridgehead atoms. The molecule has 0 aliphatic carbocycles. The number of hydrogen-bond acceptors (Lipinski definition) is 7. The summed E-state index contributed by atoms with van der Waals surface area (Å²) in [6.07, 6.45) is 1.65. The smallest absolute Gasteiger partial charge is 0.347 e. The van der Waals surface area contributed by atoms with E-state index >= 15 is 0 Å². The van der Waals surface area contributed by atoms with Gasteiger partial charge in [0, 0.05) is 28.8 Å². The first-order valence-corrected chi connectivity index (χ1v) is 11.2. The minimum Gasteiger partial charge on any atom is -0.462 e. The summed E-state index contributed by atoms with van der Waals surface area (Å²) in [5, 5.41) is 3.02. The second kappa shape index (κ2) is 9.06. The van der Waals surface area contributed by atoms with E-state index in [0.717, 1.165) is 22.6 Å². The van der Waals surface area contributed by atoms with Crippen LogP contribution in [-0.4, -0.2) is 29.7 Å². The average Bonchev–Trinajstić information content (AvgIpc) is 3.51. The fourth-order valence-electron chi connectivity index (χ4n) is 4.15. The van der Waals surface area contributed by atoms with Crippen molar-refractivity contribution in [3.63, 3.8) is 0 Å². The first-order chi connectivity index (χ1) is 17.0. The van der Waals surface area contributed by atoms with Crippen molar-refractivity contribution in [1.29, 1.82) is 0 Å². The van der Waals surface area contributed by atoms with Crippen LogP contribution in [0.4, 0.5) is 5.69 Å². The number of anilines is 1. The number of hydrogen-bond donors (Lipinski definition) is 1. The Balaban J connectivity index is 1.49. The number of rotatable bonds is 6. The molecule has 5 rings (SSSR count). The van der Waals surface area contributed by atoms with E-state index in [1.54, 1.807) is 13.0 Å². The first-order valence-electron chi connectivity index (χ1n) is 11.2. The Bertz CT molecular complexity index is 1380. The number of carbonyl (C=O) groups excluding carboxylic acids is 2. The number of ketones is 1. The van der Waals surface area contributed by atoms with E-state index in [0.29, 0.717) is 17.2 Å². The Morgan fingerprint density at radius 3 is 2.63 bits per heavy atom. The zero-order valence-electron chi connectivity index (χ0n) is 19.6. The van der Waals surface area contributed by atoms with Crippen LogP contribution in [0.3, 0.4) is 0 Å². The molecule has 0 saturated carbocycles. The van der Waals surface area contributed by atoms with E-state index < -0.39 is 11.8 Å². The zero-order chi connectivity index (χ0) is 24.5. The summed E-state index contributed by atoms with van der Waals surface area (Å²) in [5.41, 5.74) is 4.06. The van der Waals surface area contributed by atoms with Crippen LogP contribution in [0.5, 0.6) is 11.5 Å². The number of allylic oxidation sites excluding steroid dienone is 1. The van der Waals surface area contributed by atoms with Crippen molar-refractivity contribution in [2.45, 2.75) is 20.8 Å². The highest BCUT2D eigenvalue weighted by molar-refractivity contribution is 6.26. The maximum atomic E-state index is 13.2. The number of nitrogens with zero attached hydrogens (tertiary/aromatic N) is 1. The van der Waals surface area contributed by atoms with Gasteiger partial charge in [0.05, 0.1) is 6.61 Å². The van der Waals surface area contributed by atoms with Gasteiger partial charge in [-0.15, -0.1) is 0 Å². The van der Waals surface area contributed by atoms with E-state index in [4.69, 9.17) is 18.9 Å². The monoisotopic (exact) mass is 472 g/mol. The molecule has 0 saturated heterocycles. The molecule has 0 unspecified atom stereocenters. The van der Waals surface area contributed by atoms with Gasteiger partial charge in [0.15, 0.2) is 22.8 Å². The van der Waals surface area contributed by atoms with Crippen molar-refractivity contribution in [2.75, 3.05) is 18.7 Å². The third kappa shape index (κ3) is 4.14. The number of benzene rings is 2. The zero-order valence-corrected chi connectivity index (χ0v) is 19.6. The molecule has 8 heteroatoms. The lowest BCUT2D eigenvalue weighted by atomic mass is 10.1. The van der Waals surface area contributed by atoms with Gasteiger partial charge in [-0.3, -0.25) is 4.79 Å². The number of Topliss-reactive ketones (excluding diaryl/α,β-unsaturated/α-hetero) is 1. The Labute approximate surface area is 202 Å². The third-order valence-corrected chi connectivity index (χ3v) is 5.77. The highest BCUT2D eigenvalue weighted by Gasteiger charge is 2.37. The summed E-state index contributed by atoms with van der Waals surface area (Å²) >= 11 is 0. The van der Waals surface area contributed by atoms with Gasteiger partial charge in [0.2, 0.25) is 18.5 Å². The molecule has 2 aromatic carbocycles. The molecule has 1 N–H and O–H groups in total. The van der Waals surface area contributed by atoms with Crippen molar-refractivity contribution >= 4 is 23.5 Å².